The minimum absolute atomic E-state index is 0.208. The Morgan fingerprint density at radius 3 is 2.27 bits per heavy atom. The smallest absolute Gasteiger partial charge is 0.309 e. The largest absolute Gasteiger partial charge is 0.504 e. The highest BCUT2D eigenvalue weighted by Gasteiger charge is 2.29. The van der Waals surface area contributed by atoms with Crippen LogP contribution in [0.2, 0.25) is 0 Å². The van der Waals surface area contributed by atoms with E-state index in [9.17, 15) is 15.0 Å². The van der Waals surface area contributed by atoms with Crippen LogP contribution in [0.25, 0.3) is 0 Å². The average molecular weight is 214 g/mol. The third kappa shape index (κ3) is 2.58. The molecule has 0 saturated heterocycles. The summed E-state index contributed by atoms with van der Waals surface area (Å²) in [7, 11) is 0. The zero-order valence-corrected chi connectivity index (χ0v) is 7.58. The molecule has 1 aromatic rings. The second-order valence-corrected chi connectivity index (χ2v) is 3.09. The van der Waals surface area contributed by atoms with E-state index in [1.165, 1.54) is 0 Å². The zero-order chi connectivity index (χ0) is 11.6. The number of hydrogen-bond donors (Lipinski definition) is 5. The van der Waals surface area contributed by atoms with Gasteiger partial charge in [0.2, 0.25) is 5.79 Å². The van der Waals surface area contributed by atoms with Crippen molar-refractivity contribution in [3.8, 4) is 11.5 Å². The van der Waals surface area contributed by atoms with Gasteiger partial charge in [-0.05, 0) is 18.2 Å². The Bertz CT molecular complexity index is 384. The lowest BCUT2D eigenvalue weighted by atomic mass is 10.0. The van der Waals surface area contributed by atoms with Crippen LogP contribution in [0.15, 0.2) is 18.2 Å². The molecular formula is C9H10O6. The fraction of sp³-hybridized carbons (Fsp3) is 0.222. The number of hydrogen-bond acceptors (Lipinski definition) is 5. The number of aliphatic hydroxyl groups is 2. The molecule has 0 unspecified atom stereocenters. The van der Waals surface area contributed by atoms with Crippen LogP contribution in [-0.4, -0.2) is 31.5 Å². The van der Waals surface area contributed by atoms with E-state index in [1.807, 2.05) is 0 Å². The molecule has 0 heterocycles. The van der Waals surface area contributed by atoms with Gasteiger partial charge in [0.15, 0.2) is 11.5 Å². The Morgan fingerprint density at radius 1 is 1.20 bits per heavy atom. The Hall–Kier alpha value is -1.79. The maximum atomic E-state index is 10.3. The van der Waals surface area contributed by atoms with Gasteiger partial charge in [0.05, 0.1) is 0 Å². The van der Waals surface area contributed by atoms with Gasteiger partial charge in [0.1, 0.15) is 6.42 Å². The number of phenols is 2. The molecule has 82 valence electrons. The van der Waals surface area contributed by atoms with Crippen LogP contribution in [-0.2, 0) is 10.6 Å². The summed E-state index contributed by atoms with van der Waals surface area (Å²) in [6.07, 6.45) is -0.919. The van der Waals surface area contributed by atoms with Gasteiger partial charge in [-0.2, -0.15) is 0 Å². The summed E-state index contributed by atoms with van der Waals surface area (Å²) in [5.74, 6) is -4.94. The lowest BCUT2D eigenvalue weighted by molar-refractivity contribution is -0.187. The van der Waals surface area contributed by atoms with E-state index in [-0.39, 0.29) is 5.56 Å². The van der Waals surface area contributed by atoms with E-state index in [1.54, 1.807) is 0 Å². The Balaban J connectivity index is 3.04. The van der Waals surface area contributed by atoms with E-state index in [0.29, 0.717) is 0 Å². The lowest BCUT2D eigenvalue weighted by Gasteiger charge is -2.20. The number of carboxylic acids is 1. The highest BCUT2D eigenvalue weighted by Crippen LogP contribution is 2.30. The maximum Gasteiger partial charge on any atom is 0.309 e. The van der Waals surface area contributed by atoms with Gasteiger partial charge in [0, 0.05) is 5.56 Å². The predicted molar refractivity (Wildman–Crippen MR) is 48.1 cm³/mol. The standard InChI is InChI=1S/C9H10O6/c10-6-2-1-5(3-7(6)11)9(14,15)4-8(12)13/h1-3,10-11,14-15H,4H2,(H,12,13). The third-order valence-corrected chi connectivity index (χ3v) is 1.84. The normalized spacial score (nSPS) is 11.3. The SMILES string of the molecule is O=C(O)CC(O)(O)c1ccc(O)c(O)c1. The topological polar surface area (TPSA) is 118 Å². The number of aliphatic carboxylic acids is 1. The van der Waals surface area contributed by atoms with Gasteiger partial charge >= 0.3 is 5.97 Å². The maximum absolute atomic E-state index is 10.3. The third-order valence-electron chi connectivity index (χ3n) is 1.84. The monoisotopic (exact) mass is 214 g/mol. The second-order valence-electron chi connectivity index (χ2n) is 3.09. The van der Waals surface area contributed by atoms with E-state index in [0.717, 1.165) is 18.2 Å². The summed E-state index contributed by atoms with van der Waals surface area (Å²) in [6, 6.07) is 3.03. The number of rotatable bonds is 3. The summed E-state index contributed by atoms with van der Waals surface area (Å²) >= 11 is 0. The van der Waals surface area contributed by atoms with E-state index >= 15 is 0 Å². The highest BCUT2D eigenvalue weighted by molar-refractivity contribution is 5.68. The number of carboxylic acid groups (broad SMARTS) is 1. The molecule has 0 aromatic heterocycles. The molecule has 0 aliphatic carbocycles. The van der Waals surface area contributed by atoms with Gasteiger partial charge in [-0.15, -0.1) is 0 Å². The minimum Gasteiger partial charge on any atom is -0.504 e. The van der Waals surface area contributed by atoms with Crippen LogP contribution in [0.5, 0.6) is 11.5 Å². The first-order valence-electron chi connectivity index (χ1n) is 4.02. The molecule has 6 heteroatoms. The van der Waals surface area contributed by atoms with Crippen LogP contribution in [0.3, 0.4) is 0 Å². The van der Waals surface area contributed by atoms with E-state index < -0.39 is 29.7 Å². The molecule has 0 bridgehead atoms. The summed E-state index contributed by atoms with van der Waals surface area (Å²) < 4.78 is 0. The molecule has 5 N–H and O–H groups in total. The van der Waals surface area contributed by atoms with Crippen LogP contribution in [0, 0.1) is 0 Å². The lowest BCUT2D eigenvalue weighted by Crippen LogP contribution is -2.28. The fourth-order valence-corrected chi connectivity index (χ4v) is 1.09. The molecule has 0 spiro atoms. The van der Waals surface area contributed by atoms with Crippen molar-refractivity contribution in [2.24, 2.45) is 0 Å². The van der Waals surface area contributed by atoms with Crippen molar-refractivity contribution < 1.29 is 30.3 Å². The highest BCUT2D eigenvalue weighted by atomic mass is 16.5. The van der Waals surface area contributed by atoms with Crippen LogP contribution in [0.4, 0.5) is 0 Å². The average Bonchev–Trinajstić information content (AvgIpc) is 2.07. The molecule has 0 saturated carbocycles. The summed E-state index contributed by atoms with van der Waals surface area (Å²) in [6.45, 7) is 0. The molecule has 0 aliphatic rings. The van der Waals surface area contributed by atoms with Crippen molar-refractivity contribution >= 4 is 5.97 Å². The fourth-order valence-electron chi connectivity index (χ4n) is 1.09. The first-order valence-corrected chi connectivity index (χ1v) is 4.02. The van der Waals surface area contributed by atoms with Crippen molar-refractivity contribution in [3.05, 3.63) is 23.8 Å². The molecule has 1 aromatic carbocycles. The quantitative estimate of drug-likeness (QED) is 0.348. The van der Waals surface area contributed by atoms with Crippen LogP contribution >= 0.6 is 0 Å². The summed E-state index contributed by atoms with van der Waals surface area (Å²) in [4.78, 5) is 10.3. The van der Waals surface area contributed by atoms with E-state index in [2.05, 4.69) is 0 Å². The number of aromatic hydroxyl groups is 2. The summed E-state index contributed by atoms with van der Waals surface area (Å²) in [5.41, 5.74) is -0.208. The molecular weight excluding hydrogens is 204 g/mol. The van der Waals surface area contributed by atoms with Crippen LogP contribution in [0.1, 0.15) is 12.0 Å². The Kier molecular flexibility index (Phi) is 2.83. The van der Waals surface area contributed by atoms with Gasteiger partial charge in [-0.25, -0.2) is 0 Å². The van der Waals surface area contributed by atoms with Crippen LogP contribution < -0.4 is 0 Å². The van der Waals surface area contributed by atoms with Crippen molar-refractivity contribution in [3.63, 3.8) is 0 Å². The molecule has 0 radical (unpaired) electrons. The van der Waals surface area contributed by atoms with Crippen molar-refractivity contribution in [2.75, 3.05) is 0 Å². The molecule has 0 amide bonds. The van der Waals surface area contributed by atoms with Crippen molar-refractivity contribution in [1.29, 1.82) is 0 Å². The molecule has 0 aliphatic heterocycles. The molecule has 15 heavy (non-hydrogen) atoms. The Labute approximate surface area is 84.7 Å². The van der Waals surface area contributed by atoms with Gasteiger partial charge in [-0.1, -0.05) is 0 Å². The van der Waals surface area contributed by atoms with Crippen molar-refractivity contribution in [2.45, 2.75) is 12.2 Å². The molecule has 1 rings (SSSR count). The zero-order valence-electron chi connectivity index (χ0n) is 7.58. The molecule has 0 fully saturated rings. The van der Waals surface area contributed by atoms with Gasteiger partial charge < -0.3 is 25.5 Å². The Morgan fingerprint density at radius 2 is 1.80 bits per heavy atom. The van der Waals surface area contributed by atoms with Crippen molar-refractivity contribution in [1.82, 2.24) is 0 Å². The summed E-state index contributed by atoms with van der Waals surface area (Å²) in [5, 5.41) is 45.1. The first-order chi connectivity index (χ1) is 6.83. The first kappa shape index (κ1) is 11.3. The van der Waals surface area contributed by atoms with Gasteiger partial charge in [0.25, 0.3) is 0 Å². The predicted octanol–water partition coefficient (Wildman–Crippen LogP) is -0.290. The number of phenolic OH excluding ortho intramolecular Hbond substituents is 2. The number of carbonyl (C=O) groups is 1. The second kappa shape index (κ2) is 3.76. The minimum atomic E-state index is -2.57. The molecule has 0 atom stereocenters. The molecule has 6 nitrogen and oxygen atoms in total. The number of benzene rings is 1. The van der Waals surface area contributed by atoms with E-state index in [4.69, 9.17) is 15.3 Å². The van der Waals surface area contributed by atoms with Gasteiger partial charge in [-0.3, -0.25) is 4.79 Å².